The molecule has 0 atom stereocenters. The maximum Gasteiger partial charge on any atom is 0.503 e. The first-order valence-corrected chi connectivity index (χ1v) is 6.24. The molecule has 1 heterocycles. The second-order valence-corrected chi connectivity index (χ2v) is 4.74. The number of fused-ring (bicyclic) bond motifs is 1. The molecule has 0 aliphatic rings. The van der Waals surface area contributed by atoms with Crippen molar-refractivity contribution in [2.45, 2.75) is 6.92 Å². The Bertz CT molecular complexity index is 801. The molecule has 3 aromatic rings. The molecule has 3 heteroatoms. The smallest absolute Gasteiger partial charge is 0.196 e. The van der Waals surface area contributed by atoms with E-state index in [0.717, 1.165) is 16.6 Å². The second kappa shape index (κ2) is 4.35. The van der Waals surface area contributed by atoms with Gasteiger partial charge in [0.2, 0.25) is 0 Å². The van der Waals surface area contributed by atoms with Crippen molar-refractivity contribution >= 4 is 10.9 Å². The SMILES string of the molecule is Cc1ccc(-n2cc3ccccc3[n+](C)c2=O)cc1. The van der Waals surface area contributed by atoms with Crippen molar-refractivity contribution in [2.75, 3.05) is 0 Å². The maximum atomic E-state index is 12.4. The number of hydrogen-bond donors (Lipinski definition) is 0. The summed E-state index contributed by atoms with van der Waals surface area (Å²) in [6.45, 7) is 2.03. The molecule has 19 heavy (non-hydrogen) atoms. The third-order valence-corrected chi connectivity index (χ3v) is 3.37. The predicted octanol–water partition coefficient (Wildman–Crippen LogP) is 2.12. The maximum absolute atomic E-state index is 12.4. The summed E-state index contributed by atoms with van der Waals surface area (Å²) >= 11 is 0. The molecule has 94 valence electrons. The summed E-state index contributed by atoms with van der Waals surface area (Å²) in [5, 5.41) is 1.05. The van der Waals surface area contributed by atoms with Gasteiger partial charge in [-0.2, -0.15) is 13.9 Å². The molecule has 0 aliphatic heterocycles. The minimum Gasteiger partial charge on any atom is -0.196 e. The molecule has 0 bridgehead atoms. The predicted molar refractivity (Wildman–Crippen MR) is 75.5 cm³/mol. The summed E-state index contributed by atoms with van der Waals surface area (Å²) in [5.74, 6) is 0. The topological polar surface area (TPSA) is 25.9 Å². The number of para-hydroxylation sites is 1. The Morgan fingerprint density at radius 1 is 1.00 bits per heavy atom. The van der Waals surface area contributed by atoms with Gasteiger partial charge in [-0.1, -0.05) is 29.8 Å². The van der Waals surface area contributed by atoms with Gasteiger partial charge in [0, 0.05) is 0 Å². The van der Waals surface area contributed by atoms with E-state index < -0.39 is 0 Å². The standard InChI is InChI=1S/C16H15N2O/c1-12-7-9-14(10-8-12)18-11-13-5-3-4-6-15(13)17(2)16(18)19/h3-11H,1-2H3/q+1. The van der Waals surface area contributed by atoms with Gasteiger partial charge in [0.05, 0.1) is 12.4 Å². The summed E-state index contributed by atoms with van der Waals surface area (Å²) < 4.78 is 3.36. The van der Waals surface area contributed by atoms with Crippen LogP contribution >= 0.6 is 0 Å². The zero-order chi connectivity index (χ0) is 13.4. The molecule has 3 rings (SSSR count). The first-order valence-electron chi connectivity index (χ1n) is 6.24. The first kappa shape index (κ1) is 11.7. The molecule has 1 aromatic heterocycles. The van der Waals surface area contributed by atoms with Crippen LogP contribution in [-0.4, -0.2) is 4.57 Å². The molecular weight excluding hydrogens is 236 g/mol. The van der Waals surface area contributed by atoms with Crippen LogP contribution in [0.25, 0.3) is 16.6 Å². The number of rotatable bonds is 1. The van der Waals surface area contributed by atoms with Gasteiger partial charge in [0.15, 0.2) is 0 Å². The lowest BCUT2D eigenvalue weighted by molar-refractivity contribution is -0.664. The molecule has 0 unspecified atom stereocenters. The van der Waals surface area contributed by atoms with E-state index in [4.69, 9.17) is 0 Å². The lowest BCUT2D eigenvalue weighted by Gasteiger charge is -2.03. The van der Waals surface area contributed by atoms with Gasteiger partial charge in [-0.3, -0.25) is 0 Å². The van der Waals surface area contributed by atoms with Gasteiger partial charge in [0.25, 0.3) is 0 Å². The normalized spacial score (nSPS) is 10.8. The fraction of sp³-hybridized carbons (Fsp3) is 0.125. The molecule has 0 fully saturated rings. The number of hydrogen-bond acceptors (Lipinski definition) is 1. The van der Waals surface area contributed by atoms with Crippen molar-refractivity contribution in [2.24, 2.45) is 7.05 Å². The Morgan fingerprint density at radius 3 is 2.42 bits per heavy atom. The number of benzene rings is 2. The molecule has 0 spiro atoms. The van der Waals surface area contributed by atoms with Crippen LogP contribution < -0.4 is 10.3 Å². The highest BCUT2D eigenvalue weighted by Gasteiger charge is 2.14. The van der Waals surface area contributed by atoms with Crippen LogP contribution in [0.4, 0.5) is 0 Å². The molecule has 0 saturated heterocycles. The molecule has 0 saturated carbocycles. The molecule has 0 radical (unpaired) electrons. The van der Waals surface area contributed by atoms with E-state index in [9.17, 15) is 4.79 Å². The van der Waals surface area contributed by atoms with Gasteiger partial charge >= 0.3 is 5.69 Å². The third-order valence-electron chi connectivity index (χ3n) is 3.37. The highest BCUT2D eigenvalue weighted by molar-refractivity contribution is 5.74. The minimum atomic E-state index is -0.0393. The fourth-order valence-corrected chi connectivity index (χ4v) is 2.25. The van der Waals surface area contributed by atoms with E-state index in [0.29, 0.717) is 0 Å². The van der Waals surface area contributed by atoms with Crippen molar-refractivity contribution in [3.05, 3.63) is 70.8 Å². The van der Waals surface area contributed by atoms with Crippen LogP contribution in [-0.2, 0) is 7.05 Å². The third kappa shape index (κ3) is 1.93. The fourth-order valence-electron chi connectivity index (χ4n) is 2.25. The Balaban J connectivity index is 2.33. The average molecular weight is 251 g/mol. The van der Waals surface area contributed by atoms with Crippen LogP contribution in [0.5, 0.6) is 0 Å². The second-order valence-electron chi connectivity index (χ2n) is 4.74. The number of nitrogens with zero attached hydrogens (tertiary/aromatic N) is 2. The molecule has 3 nitrogen and oxygen atoms in total. The van der Waals surface area contributed by atoms with Gasteiger partial charge < -0.3 is 0 Å². The largest absolute Gasteiger partial charge is 0.503 e. The minimum absolute atomic E-state index is 0.0393. The van der Waals surface area contributed by atoms with E-state index in [2.05, 4.69) is 0 Å². The molecule has 0 aliphatic carbocycles. The van der Waals surface area contributed by atoms with E-state index in [-0.39, 0.29) is 5.69 Å². The Morgan fingerprint density at radius 2 is 1.68 bits per heavy atom. The molecule has 2 aromatic carbocycles. The monoisotopic (exact) mass is 251 g/mol. The molecule has 0 amide bonds. The Kier molecular flexibility index (Phi) is 2.67. The van der Waals surface area contributed by atoms with Crippen LogP contribution in [0.3, 0.4) is 0 Å². The van der Waals surface area contributed by atoms with Crippen LogP contribution in [0.15, 0.2) is 59.5 Å². The summed E-state index contributed by atoms with van der Waals surface area (Å²) in [4.78, 5) is 12.4. The lowest BCUT2D eigenvalue weighted by Crippen LogP contribution is -2.51. The summed E-state index contributed by atoms with van der Waals surface area (Å²) in [5.41, 5.74) is 2.97. The van der Waals surface area contributed by atoms with Crippen LogP contribution in [0.1, 0.15) is 5.56 Å². The van der Waals surface area contributed by atoms with Crippen molar-refractivity contribution in [3.8, 4) is 5.69 Å². The quantitative estimate of drug-likeness (QED) is 0.608. The Hall–Kier alpha value is -2.42. The van der Waals surface area contributed by atoms with E-state index in [1.165, 1.54) is 5.56 Å². The van der Waals surface area contributed by atoms with Crippen LogP contribution in [0, 0.1) is 6.92 Å². The van der Waals surface area contributed by atoms with Crippen molar-refractivity contribution < 1.29 is 4.57 Å². The molecule has 0 N–H and O–H groups in total. The van der Waals surface area contributed by atoms with Gasteiger partial charge in [-0.15, -0.1) is 0 Å². The van der Waals surface area contributed by atoms with Gasteiger partial charge in [0.1, 0.15) is 17.4 Å². The summed E-state index contributed by atoms with van der Waals surface area (Å²) in [6.07, 6.45) is 1.89. The van der Waals surface area contributed by atoms with Crippen molar-refractivity contribution in [1.82, 2.24) is 4.57 Å². The van der Waals surface area contributed by atoms with Crippen LogP contribution in [0.2, 0.25) is 0 Å². The van der Waals surface area contributed by atoms with Gasteiger partial charge in [-0.25, -0.2) is 0 Å². The molecular formula is C16H15N2O+. The van der Waals surface area contributed by atoms with E-state index in [1.807, 2.05) is 61.7 Å². The lowest BCUT2D eigenvalue weighted by atomic mass is 10.2. The zero-order valence-electron chi connectivity index (χ0n) is 11.0. The first-order chi connectivity index (χ1) is 9.16. The van der Waals surface area contributed by atoms with Gasteiger partial charge in [-0.05, 0) is 31.2 Å². The average Bonchev–Trinajstić information content (AvgIpc) is 2.44. The van der Waals surface area contributed by atoms with E-state index >= 15 is 0 Å². The summed E-state index contributed by atoms with van der Waals surface area (Å²) in [7, 11) is 1.80. The number of aromatic nitrogens is 2. The summed E-state index contributed by atoms with van der Waals surface area (Å²) in [6, 6.07) is 15.8. The zero-order valence-corrected chi connectivity index (χ0v) is 11.0. The van der Waals surface area contributed by atoms with Crippen molar-refractivity contribution in [3.63, 3.8) is 0 Å². The Labute approximate surface area is 111 Å². The van der Waals surface area contributed by atoms with E-state index in [1.54, 1.807) is 16.2 Å². The van der Waals surface area contributed by atoms with Crippen molar-refractivity contribution in [1.29, 1.82) is 0 Å². The highest BCUT2D eigenvalue weighted by atomic mass is 16.1. The number of aryl methyl sites for hydroxylation is 2. The highest BCUT2D eigenvalue weighted by Crippen LogP contribution is 2.11.